The van der Waals surface area contributed by atoms with Crippen LogP contribution in [0.25, 0.3) is 0 Å². The summed E-state index contributed by atoms with van der Waals surface area (Å²) in [5, 5.41) is 0. The number of ketones is 1. The summed E-state index contributed by atoms with van der Waals surface area (Å²) < 4.78 is 4.89. The molecule has 11 heavy (non-hydrogen) atoms. The Bertz CT molecular complexity index is 110. The minimum Gasteiger partial charge on any atom is -0.385 e. The van der Waals surface area contributed by atoms with Crippen LogP contribution in [0.5, 0.6) is 0 Å². The van der Waals surface area contributed by atoms with Crippen LogP contribution in [0.15, 0.2) is 0 Å². The third-order valence-corrected chi connectivity index (χ3v) is 1.80. The molecule has 0 N–H and O–H groups in total. The average molecular weight is 158 g/mol. The van der Waals surface area contributed by atoms with Crippen molar-refractivity contribution in [2.24, 2.45) is 5.92 Å². The lowest BCUT2D eigenvalue weighted by Gasteiger charge is -2.07. The quantitative estimate of drug-likeness (QED) is 0.591. The molecule has 0 aliphatic heterocycles. The first kappa shape index (κ1) is 10.6. The number of carbonyl (C=O) groups excluding carboxylic acids is 1. The molecule has 0 bridgehead atoms. The first-order chi connectivity index (χ1) is 5.22. The summed E-state index contributed by atoms with van der Waals surface area (Å²) in [6.45, 7) is 4.69. The van der Waals surface area contributed by atoms with E-state index in [0.29, 0.717) is 18.8 Å². The van der Waals surface area contributed by atoms with Gasteiger partial charge in [-0.1, -0.05) is 13.8 Å². The van der Waals surface area contributed by atoms with Gasteiger partial charge in [0.1, 0.15) is 5.78 Å². The Labute approximate surface area is 68.9 Å². The maximum absolute atomic E-state index is 11.2. The van der Waals surface area contributed by atoms with Crippen molar-refractivity contribution in [1.29, 1.82) is 0 Å². The van der Waals surface area contributed by atoms with Crippen LogP contribution in [0.2, 0.25) is 0 Å². The maximum atomic E-state index is 11.2. The zero-order chi connectivity index (χ0) is 8.69. The third kappa shape index (κ3) is 4.96. The van der Waals surface area contributed by atoms with Crippen LogP contribution in [0, 0.1) is 5.92 Å². The summed E-state index contributed by atoms with van der Waals surface area (Å²) in [5.74, 6) is 0.541. The molecule has 0 aromatic carbocycles. The van der Waals surface area contributed by atoms with E-state index in [9.17, 15) is 4.79 Å². The van der Waals surface area contributed by atoms with Crippen LogP contribution in [-0.2, 0) is 9.53 Å². The standard InChI is InChI=1S/C9H18O2/c1-4-5-9(10)8(2)6-7-11-3/h8H,4-7H2,1-3H3. The second kappa shape index (κ2) is 6.35. The fourth-order valence-corrected chi connectivity index (χ4v) is 0.948. The van der Waals surface area contributed by atoms with E-state index >= 15 is 0 Å². The van der Waals surface area contributed by atoms with Crippen LogP contribution in [0.4, 0.5) is 0 Å². The molecule has 1 unspecified atom stereocenters. The van der Waals surface area contributed by atoms with Gasteiger partial charge in [0.15, 0.2) is 0 Å². The zero-order valence-electron chi connectivity index (χ0n) is 7.72. The van der Waals surface area contributed by atoms with Crippen molar-refractivity contribution in [1.82, 2.24) is 0 Å². The molecule has 0 amide bonds. The summed E-state index contributed by atoms with van der Waals surface area (Å²) in [6, 6.07) is 0. The first-order valence-corrected chi connectivity index (χ1v) is 4.24. The van der Waals surface area contributed by atoms with E-state index in [1.54, 1.807) is 7.11 Å². The van der Waals surface area contributed by atoms with Crippen molar-refractivity contribution in [2.45, 2.75) is 33.1 Å². The Hall–Kier alpha value is -0.370. The minimum atomic E-state index is 0.176. The number of methoxy groups -OCH3 is 1. The lowest BCUT2D eigenvalue weighted by Crippen LogP contribution is -2.12. The number of hydrogen-bond acceptors (Lipinski definition) is 2. The second-order valence-electron chi connectivity index (χ2n) is 2.90. The van der Waals surface area contributed by atoms with Crippen LogP contribution < -0.4 is 0 Å². The molecule has 0 radical (unpaired) electrons. The highest BCUT2D eigenvalue weighted by atomic mass is 16.5. The number of rotatable bonds is 6. The lowest BCUT2D eigenvalue weighted by atomic mass is 10.00. The largest absolute Gasteiger partial charge is 0.385 e. The summed E-state index contributed by atoms with van der Waals surface area (Å²) in [4.78, 5) is 11.2. The van der Waals surface area contributed by atoms with E-state index in [0.717, 1.165) is 12.8 Å². The van der Waals surface area contributed by atoms with E-state index in [-0.39, 0.29) is 5.92 Å². The van der Waals surface area contributed by atoms with Gasteiger partial charge in [0.05, 0.1) is 0 Å². The molecule has 1 atom stereocenters. The summed E-state index contributed by atoms with van der Waals surface area (Å²) in [7, 11) is 1.66. The lowest BCUT2D eigenvalue weighted by molar-refractivity contribution is -0.122. The van der Waals surface area contributed by atoms with E-state index in [2.05, 4.69) is 0 Å². The van der Waals surface area contributed by atoms with Gasteiger partial charge in [0, 0.05) is 26.1 Å². The van der Waals surface area contributed by atoms with E-state index in [4.69, 9.17) is 4.74 Å². The van der Waals surface area contributed by atoms with Gasteiger partial charge >= 0.3 is 0 Å². The van der Waals surface area contributed by atoms with Gasteiger partial charge in [-0.25, -0.2) is 0 Å². The molecule has 0 spiro atoms. The molecule has 2 nitrogen and oxygen atoms in total. The van der Waals surface area contributed by atoms with Gasteiger partial charge < -0.3 is 4.74 Å². The normalized spacial score (nSPS) is 13.0. The summed E-state index contributed by atoms with van der Waals surface area (Å²) >= 11 is 0. The Morgan fingerprint density at radius 3 is 2.64 bits per heavy atom. The van der Waals surface area contributed by atoms with Crippen molar-refractivity contribution in [2.75, 3.05) is 13.7 Å². The smallest absolute Gasteiger partial charge is 0.135 e. The van der Waals surface area contributed by atoms with Gasteiger partial charge in [0.25, 0.3) is 0 Å². The van der Waals surface area contributed by atoms with Crippen LogP contribution in [-0.4, -0.2) is 19.5 Å². The topological polar surface area (TPSA) is 26.3 Å². The molecular weight excluding hydrogens is 140 g/mol. The van der Waals surface area contributed by atoms with E-state index in [1.165, 1.54) is 0 Å². The van der Waals surface area contributed by atoms with Crippen LogP contribution in [0.1, 0.15) is 33.1 Å². The summed E-state index contributed by atoms with van der Waals surface area (Å²) in [6.07, 6.45) is 2.52. The van der Waals surface area contributed by atoms with Gasteiger partial charge in [-0.05, 0) is 12.8 Å². The number of carbonyl (C=O) groups is 1. The monoisotopic (exact) mass is 158 g/mol. The second-order valence-corrected chi connectivity index (χ2v) is 2.90. The van der Waals surface area contributed by atoms with Gasteiger partial charge in [-0.15, -0.1) is 0 Å². The Balaban J connectivity index is 3.46. The highest BCUT2D eigenvalue weighted by Gasteiger charge is 2.10. The van der Waals surface area contributed by atoms with Crippen molar-refractivity contribution >= 4 is 5.78 Å². The summed E-state index contributed by atoms with van der Waals surface area (Å²) in [5.41, 5.74) is 0. The molecule has 66 valence electrons. The van der Waals surface area contributed by atoms with Gasteiger partial charge in [0.2, 0.25) is 0 Å². The van der Waals surface area contributed by atoms with E-state index < -0.39 is 0 Å². The highest BCUT2D eigenvalue weighted by molar-refractivity contribution is 5.80. The van der Waals surface area contributed by atoms with Crippen molar-refractivity contribution in [3.63, 3.8) is 0 Å². The molecule has 0 saturated carbocycles. The predicted octanol–water partition coefficient (Wildman–Crippen LogP) is 2.03. The SMILES string of the molecule is CCCC(=O)C(C)CCOC. The number of hydrogen-bond donors (Lipinski definition) is 0. The molecule has 0 aromatic rings. The molecule has 2 heteroatoms. The fraction of sp³-hybridized carbons (Fsp3) is 0.889. The van der Waals surface area contributed by atoms with Crippen molar-refractivity contribution in [3.05, 3.63) is 0 Å². The average Bonchev–Trinajstić information content (AvgIpc) is 2.00. The van der Waals surface area contributed by atoms with Crippen LogP contribution in [0.3, 0.4) is 0 Å². The molecular formula is C9H18O2. The fourth-order valence-electron chi connectivity index (χ4n) is 0.948. The zero-order valence-corrected chi connectivity index (χ0v) is 7.72. The minimum absolute atomic E-state index is 0.176. The van der Waals surface area contributed by atoms with Crippen molar-refractivity contribution in [3.8, 4) is 0 Å². The third-order valence-electron chi connectivity index (χ3n) is 1.80. The van der Waals surface area contributed by atoms with E-state index in [1.807, 2.05) is 13.8 Å². The maximum Gasteiger partial charge on any atom is 0.135 e. The van der Waals surface area contributed by atoms with Gasteiger partial charge in [-0.3, -0.25) is 4.79 Å². The van der Waals surface area contributed by atoms with Crippen LogP contribution >= 0.6 is 0 Å². The molecule has 0 fully saturated rings. The molecule has 0 aromatic heterocycles. The Kier molecular flexibility index (Phi) is 6.13. The predicted molar refractivity (Wildman–Crippen MR) is 45.6 cm³/mol. The molecule has 0 aliphatic carbocycles. The first-order valence-electron chi connectivity index (χ1n) is 4.24. The number of ether oxygens (including phenoxy) is 1. The Morgan fingerprint density at radius 1 is 1.55 bits per heavy atom. The molecule has 0 saturated heterocycles. The highest BCUT2D eigenvalue weighted by Crippen LogP contribution is 2.07. The molecule has 0 rings (SSSR count). The number of Topliss-reactive ketones (excluding diaryl/α,β-unsaturated/α-hetero) is 1. The van der Waals surface area contributed by atoms with Crippen molar-refractivity contribution < 1.29 is 9.53 Å². The Morgan fingerprint density at radius 2 is 2.18 bits per heavy atom. The molecule has 0 heterocycles. The van der Waals surface area contributed by atoms with Gasteiger partial charge in [-0.2, -0.15) is 0 Å². The molecule has 0 aliphatic rings.